The van der Waals surface area contributed by atoms with Gasteiger partial charge < -0.3 is 15.7 Å². The Morgan fingerprint density at radius 2 is 1.81 bits per heavy atom. The van der Waals surface area contributed by atoms with Gasteiger partial charge in [0.15, 0.2) is 0 Å². The van der Waals surface area contributed by atoms with Crippen molar-refractivity contribution in [1.82, 2.24) is 10.6 Å². The van der Waals surface area contributed by atoms with Gasteiger partial charge in [0.05, 0.1) is 0 Å². The molecule has 16 heavy (non-hydrogen) atoms. The zero-order chi connectivity index (χ0) is 12.1. The Hall–Kier alpha value is -1.03. The molecule has 94 valence electrons. The fourth-order valence-corrected chi connectivity index (χ4v) is 1.28. The molecule has 0 bridgehead atoms. The van der Waals surface area contributed by atoms with E-state index >= 15 is 0 Å². The summed E-state index contributed by atoms with van der Waals surface area (Å²) in [5.74, 6) is 0. The molecule has 4 heteroatoms. The van der Waals surface area contributed by atoms with E-state index in [1.807, 2.05) is 0 Å². The summed E-state index contributed by atoms with van der Waals surface area (Å²) in [4.78, 5) is 10.9. The molecule has 0 aliphatic rings. The molecule has 0 radical (unpaired) electrons. The topological polar surface area (TPSA) is 61.4 Å². The van der Waals surface area contributed by atoms with Gasteiger partial charge in [-0.25, -0.2) is 4.79 Å². The molecule has 0 spiro atoms. The molecule has 0 saturated heterocycles. The van der Waals surface area contributed by atoms with Crippen molar-refractivity contribution in [3.8, 4) is 0 Å². The van der Waals surface area contributed by atoms with Crippen molar-refractivity contribution in [2.75, 3.05) is 13.3 Å². The number of aliphatic hydroxyl groups excluding tert-OH is 1. The van der Waals surface area contributed by atoms with Gasteiger partial charge >= 0.3 is 6.03 Å². The predicted octanol–water partition coefficient (Wildman–Crippen LogP) is 2.15. The third kappa shape index (κ3) is 11.0. The van der Waals surface area contributed by atoms with Crippen LogP contribution in [0.4, 0.5) is 4.79 Å². The van der Waals surface area contributed by atoms with E-state index < -0.39 is 0 Å². The number of amides is 2. The van der Waals surface area contributed by atoms with Crippen LogP contribution in [0.5, 0.6) is 0 Å². The van der Waals surface area contributed by atoms with E-state index in [1.54, 1.807) is 0 Å². The molecule has 0 aromatic heterocycles. The van der Waals surface area contributed by atoms with Gasteiger partial charge in [-0.1, -0.05) is 31.9 Å². The standard InChI is InChI=1S/C12H24N2O2/c1-2-3-4-5-6-7-8-9-10-13-12(16)14-11-15/h5-6,15H,2-4,7-11H2,1H3,(H2,13,14,16)/b6-5+. The zero-order valence-corrected chi connectivity index (χ0v) is 10.2. The van der Waals surface area contributed by atoms with Gasteiger partial charge in [-0.2, -0.15) is 0 Å². The quantitative estimate of drug-likeness (QED) is 0.322. The number of unbranched alkanes of at least 4 members (excludes halogenated alkanes) is 4. The highest BCUT2D eigenvalue weighted by Gasteiger charge is 1.95. The molecule has 0 heterocycles. The lowest BCUT2D eigenvalue weighted by Crippen LogP contribution is -2.36. The third-order valence-electron chi connectivity index (χ3n) is 2.21. The van der Waals surface area contributed by atoms with Crippen LogP contribution in [0.2, 0.25) is 0 Å². The fourth-order valence-electron chi connectivity index (χ4n) is 1.28. The molecule has 0 rings (SSSR count). The SMILES string of the molecule is CCCC/C=C/CCCCNC(=O)NCO. The molecular formula is C12H24N2O2. The minimum Gasteiger partial charge on any atom is -0.376 e. The molecule has 0 saturated carbocycles. The number of nitrogens with one attached hydrogen (secondary N) is 2. The van der Waals surface area contributed by atoms with E-state index in [-0.39, 0.29) is 12.8 Å². The van der Waals surface area contributed by atoms with E-state index in [2.05, 4.69) is 29.7 Å². The summed E-state index contributed by atoms with van der Waals surface area (Å²) in [5.41, 5.74) is 0. The zero-order valence-electron chi connectivity index (χ0n) is 10.2. The van der Waals surface area contributed by atoms with Crippen molar-refractivity contribution in [1.29, 1.82) is 0 Å². The van der Waals surface area contributed by atoms with Crippen molar-refractivity contribution < 1.29 is 9.90 Å². The molecule has 0 aromatic rings. The van der Waals surface area contributed by atoms with Crippen molar-refractivity contribution in [3.63, 3.8) is 0 Å². The summed E-state index contributed by atoms with van der Waals surface area (Å²) in [7, 11) is 0. The van der Waals surface area contributed by atoms with Crippen LogP contribution in [0.1, 0.15) is 45.4 Å². The highest BCUT2D eigenvalue weighted by atomic mass is 16.3. The van der Waals surface area contributed by atoms with Gasteiger partial charge in [0.25, 0.3) is 0 Å². The molecule has 0 aromatic carbocycles. The van der Waals surface area contributed by atoms with E-state index in [1.165, 1.54) is 19.3 Å². The summed E-state index contributed by atoms with van der Waals surface area (Å²) in [6, 6.07) is -0.305. The number of hydrogen-bond donors (Lipinski definition) is 3. The van der Waals surface area contributed by atoms with Gasteiger partial charge in [0.2, 0.25) is 0 Å². The molecule has 3 N–H and O–H groups in total. The Bertz CT molecular complexity index is 193. The first-order chi connectivity index (χ1) is 7.81. The van der Waals surface area contributed by atoms with Crippen LogP contribution in [-0.4, -0.2) is 24.4 Å². The van der Waals surface area contributed by atoms with E-state index in [0.29, 0.717) is 6.54 Å². The summed E-state index contributed by atoms with van der Waals surface area (Å²) in [5, 5.41) is 13.3. The lowest BCUT2D eigenvalue weighted by molar-refractivity contribution is 0.217. The highest BCUT2D eigenvalue weighted by molar-refractivity contribution is 5.73. The van der Waals surface area contributed by atoms with E-state index in [9.17, 15) is 4.79 Å². The monoisotopic (exact) mass is 228 g/mol. The van der Waals surface area contributed by atoms with Gasteiger partial charge in [-0.05, 0) is 25.7 Å². The first-order valence-corrected chi connectivity index (χ1v) is 6.08. The van der Waals surface area contributed by atoms with E-state index in [0.717, 1.165) is 19.3 Å². The maximum atomic E-state index is 10.9. The van der Waals surface area contributed by atoms with Crippen molar-refractivity contribution in [2.24, 2.45) is 0 Å². The molecule has 0 aliphatic carbocycles. The second-order valence-corrected chi connectivity index (χ2v) is 3.70. The third-order valence-corrected chi connectivity index (χ3v) is 2.21. The largest absolute Gasteiger partial charge is 0.376 e. The average molecular weight is 228 g/mol. The number of rotatable bonds is 9. The summed E-state index contributed by atoms with van der Waals surface area (Å²) >= 11 is 0. The minimum atomic E-state index is -0.313. The number of aliphatic hydroxyl groups is 1. The normalized spacial score (nSPS) is 10.6. The Labute approximate surface area is 98.1 Å². The van der Waals surface area contributed by atoms with Crippen molar-refractivity contribution in [2.45, 2.75) is 45.4 Å². The van der Waals surface area contributed by atoms with Crippen molar-refractivity contribution in [3.05, 3.63) is 12.2 Å². The maximum absolute atomic E-state index is 10.9. The van der Waals surface area contributed by atoms with Crippen LogP contribution in [0.3, 0.4) is 0 Å². The van der Waals surface area contributed by atoms with Crippen molar-refractivity contribution >= 4 is 6.03 Å². The Morgan fingerprint density at radius 3 is 2.44 bits per heavy atom. The van der Waals surface area contributed by atoms with Gasteiger partial charge in [0, 0.05) is 6.54 Å². The van der Waals surface area contributed by atoms with Gasteiger partial charge in [-0.3, -0.25) is 0 Å². The lowest BCUT2D eigenvalue weighted by Gasteiger charge is -2.03. The first-order valence-electron chi connectivity index (χ1n) is 6.08. The van der Waals surface area contributed by atoms with Crippen LogP contribution in [0, 0.1) is 0 Å². The molecule has 4 nitrogen and oxygen atoms in total. The lowest BCUT2D eigenvalue weighted by atomic mass is 10.2. The number of hydrogen-bond acceptors (Lipinski definition) is 2. The number of allylic oxidation sites excluding steroid dienone is 2. The van der Waals surface area contributed by atoms with Crippen LogP contribution >= 0.6 is 0 Å². The Morgan fingerprint density at radius 1 is 1.12 bits per heavy atom. The summed E-state index contributed by atoms with van der Waals surface area (Å²) in [6.45, 7) is 2.54. The number of carbonyl (C=O) groups excluding carboxylic acids is 1. The minimum absolute atomic E-state index is 0.305. The summed E-state index contributed by atoms with van der Waals surface area (Å²) in [6.07, 6.45) is 11.3. The smallest absolute Gasteiger partial charge is 0.316 e. The molecule has 2 amide bonds. The Balaban J connectivity index is 3.15. The molecule has 0 atom stereocenters. The number of carbonyl (C=O) groups is 1. The van der Waals surface area contributed by atoms with Gasteiger partial charge in [0.1, 0.15) is 6.73 Å². The second kappa shape index (κ2) is 12.0. The average Bonchev–Trinajstić information content (AvgIpc) is 2.27. The molecule has 0 aliphatic heterocycles. The summed E-state index contributed by atoms with van der Waals surface area (Å²) < 4.78 is 0. The fraction of sp³-hybridized carbons (Fsp3) is 0.750. The van der Waals surface area contributed by atoms with Gasteiger partial charge in [-0.15, -0.1) is 0 Å². The molecular weight excluding hydrogens is 204 g/mol. The molecule has 0 unspecified atom stereocenters. The number of urea groups is 1. The van der Waals surface area contributed by atoms with Crippen LogP contribution in [-0.2, 0) is 0 Å². The second-order valence-electron chi connectivity index (χ2n) is 3.70. The van der Waals surface area contributed by atoms with Crippen LogP contribution < -0.4 is 10.6 Å². The Kier molecular flexibility index (Phi) is 11.3. The van der Waals surface area contributed by atoms with Crippen LogP contribution in [0.15, 0.2) is 12.2 Å². The highest BCUT2D eigenvalue weighted by Crippen LogP contribution is 1.99. The first kappa shape index (κ1) is 15.0. The van der Waals surface area contributed by atoms with Crippen LogP contribution in [0.25, 0.3) is 0 Å². The van der Waals surface area contributed by atoms with E-state index in [4.69, 9.17) is 5.11 Å². The molecule has 0 fully saturated rings. The maximum Gasteiger partial charge on any atom is 0.316 e. The predicted molar refractivity (Wildman–Crippen MR) is 66.1 cm³/mol.